The number of amides is 2. The van der Waals surface area contributed by atoms with Crippen molar-refractivity contribution in [2.24, 2.45) is 0 Å². The van der Waals surface area contributed by atoms with Crippen LogP contribution in [0, 0.1) is 6.92 Å². The SMILES string of the molecule is Cc1ccc(C(=O)N(Cc2ccccc2)c2ccc(CC(=O)N3CCN(C)CC3)cc2)cc1. The minimum absolute atomic E-state index is 0.0416. The Bertz CT molecular complexity index is 1070. The highest BCUT2D eigenvalue weighted by Crippen LogP contribution is 2.22. The molecule has 3 aromatic carbocycles. The molecular formula is C28H31N3O2. The van der Waals surface area contributed by atoms with Crippen molar-refractivity contribution in [3.63, 3.8) is 0 Å². The fourth-order valence-corrected chi connectivity index (χ4v) is 4.03. The highest BCUT2D eigenvalue weighted by atomic mass is 16.2. The lowest BCUT2D eigenvalue weighted by atomic mass is 10.1. The number of anilines is 1. The molecule has 33 heavy (non-hydrogen) atoms. The van der Waals surface area contributed by atoms with Crippen LogP contribution >= 0.6 is 0 Å². The molecule has 0 N–H and O–H groups in total. The van der Waals surface area contributed by atoms with Gasteiger partial charge in [-0.05, 0) is 49.4 Å². The van der Waals surface area contributed by atoms with Crippen LogP contribution in [0.5, 0.6) is 0 Å². The number of piperazine rings is 1. The summed E-state index contributed by atoms with van der Waals surface area (Å²) in [5, 5.41) is 0. The Morgan fingerprint density at radius 3 is 2.06 bits per heavy atom. The molecule has 1 aliphatic rings. The topological polar surface area (TPSA) is 43.9 Å². The predicted molar refractivity (Wildman–Crippen MR) is 132 cm³/mol. The van der Waals surface area contributed by atoms with Crippen LogP contribution in [-0.4, -0.2) is 54.8 Å². The van der Waals surface area contributed by atoms with Gasteiger partial charge in [-0.3, -0.25) is 9.59 Å². The summed E-state index contributed by atoms with van der Waals surface area (Å²) in [7, 11) is 2.08. The molecule has 1 heterocycles. The third kappa shape index (κ3) is 5.88. The molecule has 5 nitrogen and oxygen atoms in total. The Balaban J connectivity index is 1.52. The summed E-state index contributed by atoms with van der Waals surface area (Å²) in [5.74, 6) is 0.118. The van der Waals surface area contributed by atoms with Crippen LogP contribution in [0.4, 0.5) is 5.69 Å². The van der Waals surface area contributed by atoms with E-state index in [2.05, 4.69) is 11.9 Å². The van der Waals surface area contributed by atoms with Crippen molar-refractivity contribution in [2.45, 2.75) is 19.9 Å². The number of carbonyl (C=O) groups is 2. The lowest BCUT2D eigenvalue weighted by molar-refractivity contribution is -0.132. The average Bonchev–Trinajstić information content (AvgIpc) is 2.84. The van der Waals surface area contributed by atoms with Crippen LogP contribution in [0.3, 0.4) is 0 Å². The van der Waals surface area contributed by atoms with Gasteiger partial charge in [0, 0.05) is 37.4 Å². The van der Waals surface area contributed by atoms with Crippen LogP contribution in [0.15, 0.2) is 78.9 Å². The molecule has 0 atom stereocenters. The van der Waals surface area contributed by atoms with Gasteiger partial charge in [-0.15, -0.1) is 0 Å². The highest BCUT2D eigenvalue weighted by Gasteiger charge is 2.21. The molecule has 2 amide bonds. The lowest BCUT2D eigenvalue weighted by Crippen LogP contribution is -2.47. The molecule has 0 aliphatic carbocycles. The minimum Gasteiger partial charge on any atom is -0.340 e. The number of likely N-dealkylation sites (N-methyl/N-ethyl adjacent to an activating group) is 1. The number of carbonyl (C=O) groups excluding carboxylic acids is 2. The van der Waals surface area contributed by atoms with Crippen LogP contribution in [-0.2, 0) is 17.8 Å². The number of nitrogens with zero attached hydrogens (tertiary/aromatic N) is 3. The zero-order valence-corrected chi connectivity index (χ0v) is 19.4. The van der Waals surface area contributed by atoms with Gasteiger partial charge in [0.05, 0.1) is 13.0 Å². The van der Waals surface area contributed by atoms with E-state index in [1.807, 2.05) is 90.7 Å². The van der Waals surface area contributed by atoms with E-state index in [4.69, 9.17) is 0 Å². The molecule has 1 fully saturated rings. The molecule has 1 saturated heterocycles. The third-order valence-corrected chi connectivity index (χ3v) is 6.19. The zero-order valence-electron chi connectivity index (χ0n) is 19.4. The van der Waals surface area contributed by atoms with Crippen molar-refractivity contribution in [3.8, 4) is 0 Å². The van der Waals surface area contributed by atoms with Crippen molar-refractivity contribution in [1.82, 2.24) is 9.80 Å². The van der Waals surface area contributed by atoms with Gasteiger partial charge in [0.1, 0.15) is 0 Å². The first kappa shape index (κ1) is 22.7. The van der Waals surface area contributed by atoms with Crippen molar-refractivity contribution < 1.29 is 9.59 Å². The maximum absolute atomic E-state index is 13.4. The van der Waals surface area contributed by atoms with Gasteiger partial charge >= 0.3 is 0 Å². The van der Waals surface area contributed by atoms with Crippen molar-refractivity contribution in [3.05, 3.63) is 101 Å². The largest absolute Gasteiger partial charge is 0.340 e. The molecule has 0 radical (unpaired) electrons. The lowest BCUT2D eigenvalue weighted by Gasteiger charge is -2.32. The average molecular weight is 442 g/mol. The number of hydrogen-bond donors (Lipinski definition) is 0. The van der Waals surface area contributed by atoms with Gasteiger partial charge in [0.15, 0.2) is 0 Å². The number of rotatable bonds is 6. The molecule has 5 heteroatoms. The summed E-state index contributed by atoms with van der Waals surface area (Å²) >= 11 is 0. The fraction of sp³-hybridized carbons (Fsp3) is 0.286. The molecule has 0 unspecified atom stereocenters. The van der Waals surface area contributed by atoms with E-state index in [9.17, 15) is 9.59 Å². The third-order valence-electron chi connectivity index (χ3n) is 6.19. The number of aryl methyl sites for hydroxylation is 1. The second kappa shape index (κ2) is 10.5. The quantitative estimate of drug-likeness (QED) is 0.577. The van der Waals surface area contributed by atoms with Gasteiger partial charge < -0.3 is 14.7 Å². The van der Waals surface area contributed by atoms with Crippen LogP contribution in [0.1, 0.15) is 27.0 Å². The Morgan fingerprint density at radius 2 is 1.42 bits per heavy atom. The van der Waals surface area contributed by atoms with Crippen molar-refractivity contribution in [1.29, 1.82) is 0 Å². The highest BCUT2D eigenvalue weighted by molar-refractivity contribution is 6.06. The summed E-state index contributed by atoms with van der Waals surface area (Å²) in [5.41, 5.74) is 4.62. The molecule has 0 aromatic heterocycles. The smallest absolute Gasteiger partial charge is 0.258 e. The zero-order chi connectivity index (χ0) is 23.2. The Labute approximate surface area is 196 Å². The van der Waals surface area contributed by atoms with E-state index in [-0.39, 0.29) is 11.8 Å². The monoisotopic (exact) mass is 441 g/mol. The molecule has 3 aromatic rings. The van der Waals surface area contributed by atoms with Crippen molar-refractivity contribution >= 4 is 17.5 Å². The van der Waals surface area contributed by atoms with E-state index >= 15 is 0 Å². The maximum atomic E-state index is 13.4. The summed E-state index contributed by atoms with van der Waals surface area (Å²) in [6.45, 7) is 5.89. The summed E-state index contributed by atoms with van der Waals surface area (Å²) in [4.78, 5) is 32.1. The van der Waals surface area contributed by atoms with Crippen LogP contribution < -0.4 is 4.90 Å². The van der Waals surface area contributed by atoms with E-state index < -0.39 is 0 Å². The van der Waals surface area contributed by atoms with Crippen molar-refractivity contribution in [2.75, 3.05) is 38.1 Å². The van der Waals surface area contributed by atoms with Gasteiger partial charge in [-0.1, -0.05) is 60.2 Å². The minimum atomic E-state index is -0.0416. The first-order valence-electron chi connectivity index (χ1n) is 11.5. The normalized spacial score (nSPS) is 14.2. The van der Waals surface area contributed by atoms with Gasteiger partial charge in [-0.25, -0.2) is 0 Å². The molecule has 4 rings (SSSR count). The van der Waals surface area contributed by atoms with E-state index in [0.29, 0.717) is 18.5 Å². The summed E-state index contributed by atoms with van der Waals surface area (Å²) in [6, 6.07) is 25.5. The predicted octanol–water partition coefficient (Wildman–Crippen LogP) is 4.16. The van der Waals surface area contributed by atoms with Gasteiger partial charge in [0.25, 0.3) is 5.91 Å². The van der Waals surface area contributed by atoms with E-state index in [1.165, 1.54) is 0 Å². The second-order valence-corrected chi connectivity index (χ2v) is 8.77. The molecule has 0 spiro atoms. The summed E-state index contributed by atoms with van der Waals surface area (Å²) in [6.07, 6.45) is 0.384. The van der Waals surface area contributed by atoms with E-state index in [0.717, 1.165) is 48.6 Å². The molecule has 170 valence electrons. The van der Waals surface area contributed by atoms with Crippen LogP contribution in [0.25, 0.3) is 0 Å². The Kier molecular flexibility index (Phi) is 7.20. The van der Waals surface area contributed by atoms with E-state index in [1.54, 1.807) is 4.90 Å². The molecule has 0 saturated carbocycles. The summed E-state index contributed by atoms with van der Waals surface area (Å²) < 4.78 is 0. The number of benzene rings is 3. The Hall–Kier alpha value is -3.44. The van der Waals surface area contributed by atoms with Gasteiger partial charge in [0.2, 0.25) is 5.91 Å². The first-order chi connectivity index (χ1) is 16.0. The standard InChI is InChI=1S/C28H31N3O2/c1-22-8-12-25(13-9-22)28(33)31(21-24-6-4-3-5-7-24)26-14-10-23(11-15-26)20-27(32)30-18-16-29(2)17-19-30/h3-15H,16-21H2,1-2H3. The first-order valence-corrected chi connectivity index (χ1v) is 11.5. The number of hydrogen-bond acceptors (Lipinski definition) is 3. The second-order valence-electron chi connectivity index (χ2n) is 8.77. The fourth-order valence-electron chi connectivity index (χ4n) is 4.03. The molecular weight excluding hydrogens is 410 g/mol. The van der Waals surface area contributed by atoms with Gasteiger partial charge in [-0.2, -0.15) is 0 Å². The maximum Gasteiger partial charge on any atom is 0.258 e. The molecule has 0 bridgehead atoms. The Morgan fingerprint density at radius 1 is 0.788 bits per heavy atom. The van der Waals surface area contributed by atoms with Crippen LogP contribution in [0.2, 0.25) is 0 Å². The molecule has 1 aliphatic heterocycles.